The van der Waals surface area contributed by atoms with E-state index in [-0.39, 0.29) is 27.0 Å². The summed E-state index contributed by atoms with van der Waals surface area (Å²) in [5.74, 6) is 0. The zero-order chi connectivity index (χ0) is 8.24. The van der Waals surface area contributed by atoms with Crippen LogP contribution in [0.5, 0.6) is 0 Å². The minimum atomic E-state index is 0. The fourth-order valence-corrected chi connectivity index (χ4v) is 1.73. The van der Waals surface area contributed by atoms with E-state index in [1.807, 2.05) is 0 Å². The van der Waals surface area contributed by atoms with Gasteiger partial charge in [-0.05, 0) is 0 Å². The van der Waals surface area contributed by atoms with Crippen LogP contribution in [0.4, 0.5) is 0 Å². The zero-order valence-corrected chi connectivity index (χ0v) is 13.0. The van der Waals surface area contributed by atoms with Gasteiger partial charge in [0.2, 0.25) is 0 Å². The van der Waals surface area contributed by atoms with E-state index in [0.29, 0.717) is 0 Å². The fraction of sp³-hybridized carbons (Fsp3) is 1.00. The molecule has 0 aromatic rings. The summed E-state index contributed by atoms with van der Waals surface area (Å²) in [5, 5.41) is 5.71. The second-order valence-corrected chi connectivity index (χ2v) is 6.63. The van der Waals surface area contributed by atoms with Gasteiger partial charge in [0, 0.05) is 0 Å². The third kappa shape index (κ3) is 41.0. The summed E-state index contributed by atoms with van der Waals surface area (Å²) in [6.45, 7) is 9.00. The first-order valence-electron chi connectivity index (χ1n) is 4.46. The molecule has 0 radical (unpaired) electrons. The molecule has 0 atom stereocenters. The van der Waals surface area contributed by atoms with Crippen molar-refractivity contribution in [3.63, 3.8) is 0 Å². The van der Waals surface area contributed by atoms with Crippen LogP contribution in [0.1, 0.15) is 27.7 Å². The van der Waals surface area contributed by atoms with E-state index >= 15 is 0 Å². The maximum absolute atomic E-state index is 2.25. The Kier molecular flexibility index (Phi) is 57.4. The third-order valence-corrected chi connectivity index (χ3v) is 3.46. The predicted octanol–water partition coefficient (Wildman–Crippen LogP) is 2.59. The van der Waals surface area contributed by atoms with Crippen molar-refractivity contribution in [1.82, 2.24) is 0 Å². The molecule has 0 saturated heterocycles. The normalized spacial score (nSPS) is 5.67. The molecule has 0 aliphatic heterocycles. The molecular weight excluding hydrogens is 214 g/mol. The Morgan fingerprint density at radius 2 is 0.750 bits per heavy atom. The number of hydrogen-bond acceptors (Lipinski definition) is 2. The van der Waals surface area contributed by atoms with Crippen LogP contribution in [0.15, 0.2) is 0 Å². The van der Waals surface area contributed by atoms with Gasteiger partial charge in [-0.2, -0.15) is 0 Å². The number of hydrogen-bond donors (Lipinski definition) is 0. The number of rotatable bonds is 4. The van der Waals surface area contributed by atoms with Crippen molar-refractivity contribution in [1.29, 1.82) is 0 Å². The molecule has 12 heavy (non-hydrogen) atoms. The number of thiol groups is 2. The molecule has 0 aliphatic carbocycles. The zero-order valence-electron chi connectivity index (χ0n) is 8.88. The Bertz CT molecular complexity index is 36.0. The molecule has 0 spiro atoms. The molecule has 72 valence electrons. The standard InChI is InChI=1S/4C2H5.2Al.2H2S/c4*1-2;;;;/h4*1H2,2H3;;;2*1H2/q;;;;2*+1;;/p-2. The van der Waals surface area contributed by atoms with E-state index in [1.165, 1.54) is 21.1 Å². The molecule has 0 unspecified atom stereocenters. The van der Waals surface area contributed by atoms with Crippen molar-refractivity contribution in [3.8, 4) is 0 Å². The van der Waals surface area contributed by atoms with E-state index in [0.717, 1.165) is 30.4 Å². The van der Waals surface area contributed by atoms with Crippen LogP contribution in [0.3, 0.4) is 0 Å². The first kappa shape index (κ1) is 23.5. The quantitative estimate of drug-likeness (QED) is 0.418. The Balaban J connectivity index is -0.0000000457. The van der Waals surface area contributed by atoms with Crippen molar-refractivity contribution in [3.05, 3.63) is 0 Å². The van der Waals surface area contributed by atoms with Crippen molar-refractivity contribution in [2.45, 2.75) is 48.8 Å². The molecule has 0 saturated carbocycles. The first-order valence-corrected chi connectivity index (χ1v) is 7.73. The van der Waals surface area contributed by atoms with Gasteiger partial charge in [-0.3, -0.25) is 0 Å². The van der Waals surface area contributed by atoms with Crippen molar-refractivity contribution >= 4 is 57.4 Å². The van der Waals surface area contributed by atoms with E-state index in [1.54, 1.807) is 0 Å². The fourth-order valence-electron chi connectivity index (χ4n) is 0.577. The Morgan fingerprint density at radius 3 is 0.750 bits per heavy atom. The second kappa shape index (κ2) is 29.3. The van der Waals surface area contributed by atoms with Crippen molar-refractivity contribution in [2.75, 3.05) is 0 Å². The molecule has 0 amide bonds. The molecule has 0 bridgehead atoms. The van der Waals surface area contributed by atoms with Crippen LogP contribution in [-0.2, 0) is 27.0 Å². The third-order valence-electron chi connectivity index (χ3n) is 1.15. The second-order valence-electron chi connectivity index (χ2n) is 2.21. The van der Waals surface area contributed by atoms with Gasteiger partial charge >= 0.3 is 79.3 Å². The Hall–Kier alpha value is 1.76. The maximum atomic E-state index is 2.25. The van der Waals surface area contributed by atoms with Gasteiger partial charge in [-0.25, -0.2) is 0 Å². The summed E-state index contributed by atoms with van der Waals surface area (Å²) < 4.78 is 0. The molecule has 0 rings (SSSR count). The molecular formula is C8H22Al2S2. The van der Waals surface area contributed by atoms with E-state index in [2.05, 4.69) is 27.7 Å². The van der Waals surface area contributed by atoms with Gasteiger partial charge in [0.15, 0.2) is 0 Å². The van der Waals surface area contributed by atoms with Crippen LogP contribution >= 0.6 is 0 Å². The topological polar surface area (TPSA) is 0 Å². The average Bonchev–Trinajstić information content (AvgIpc) is 1.93. The SMILES string of the molecule is C[CH2][Al+][CH2]C.C[CH2][Al+][CH2]C.[SH-].[SH-]. The van der Waals surface area contributed by atoms with Crippen LogP contribution in [-0.4, -0.2) is 30.4 Å². The van der Waals surface area contributed by atoms with Gasteiger partial charge in [0.25, 0.3) is 0 Å². The van der Waals surface area contributed by atoms with Gasteiger partial charge in [0.05, 0.1) is 0 Å². The molecule has 0 nitrogen and oxygen atoms in total. The average molecular weight is 236 g/mol. The largest absolute Gasteiger partial charge is 0.813 e. The van der Waals surface area contributed by atoms with Crippen LogP contribution in [0.25, 0.3) is 0 Å². The van der Waals surface area contributed by atoms with Crippen molar-refractivity contribution in [2.24, 2.45) is 0 Å². The molecule has 0 aromatic heterocycles. The summed E-state index contributed by atoms with van der Waals surface area (Å²) >= 11 is 1.63. The Labute approximate surface area is 106 Å². The predicted molar refractivity (Wildman–Crippen MR) is 71.0 cm³/mol. The van der Waals surface area contributed by atoms with Gasteiger partial charge in [-0.15, -0.1) is 0 Å². The molecule has 4 heteroatoms. The van der Waals surface area contributed by atoms with Gasteiger partial charge in [-0.1, -0.05) is 0 Å². The maximum Gasteiger partial charge on any atom is -0.813 e. The molecule has 0 aliphatic rings. The smallest absolute Gasteiger partial charge is 0.813 e. The van der Waals surface area contributed by atoms with E-state index in [4.69, 9.17) is 0 Å². The van der Waals surface area contributed by atoms with Crippen LogP contribution in [0.2, 0.25) is 21.1 Å². The monoisotopic (exact) mass is 236 g/mol. The van der Waals surface area contributed by atoms with Crippen molar-refractivity contribution < 1.29 is 0 Å². The van der Waals surface area contributed by atoms with Gasteiger partial charge < -0.3 is 27.0 Å². The van der Waals surface area contributed by atoms with E-state index in [9.17, 15) is 0 Å². The molecule has 0 fully saturated rings. The van der Waals surface area contributed by atoms with Crippen LogP contribution < -0.4 is 0 Å². The molecule has 0 heterocycles. The summed E-state index contributed by atoms with van der Waals surface area (Å²) in [6, 6.07) is 0. The minimum Gasteiger partial charge on any atom is -0.813 e. The molecule has 0 N–H and O–H groups in total. The first-order chi connectivity index (χ1) is 4.83. The summed E-state index contributed by atoms with van der Waals surface area (Å²) in [6.07, 6.45) is 0. The summed E-state index contributed by atoms with van der Waals surface area (Å²) in [5.41, 5.74) is 0. The minimum absolute atomic E-state index is 0. The summed E-state index contributed by atoms with van der Waals surface area (Å²) in [7, 11) is 0. The van der Waals surface area contributed by atoms with Crippen LogP contribution in [0, 0.1) is 0 Å². The summed E-state index contributed by atoms with van der Waals surface area (Å²) in [4.78, 5) is 0. The van der Waals surface area contributed by atoms with E-state index < -0.39 is 0 Å². The van der Waals surface area contributed by atoms with Gasteiger partial charge in [0.1, 0.15) is 0 Å². The molecule has 0 aromatic carbocycles. The Morgan fingerprint density at radius 1 is 0.583 bits per heavy atom.